The standard InChI is InChI=1S/C17H23NO4/c1-12(17(19)18-13-6-4-2-3-5-7-13)22-14-8-9-15-16(10-14)21-11-20-15/h8-10,12-13H,2-7,11H2,1H3,(H,18,19). The minimum atomic E-state index is -0.524. The van der Waals surface area contributed by atoms with E-state index in [2.05, 4.69) is 5.32 Å². The Bertz CT molecular complexity index is 523. The first-order valence-corrected chi connectivity index (χ1v) is 8.09. The molecule has 1 unspecified atom stereocenters. The normalized spacial score (nSPS) is 19.3. The van der Waals surface area contributed by atoms with E-state index < -0.39 is 6.10 Å². The van der Waals surface area contributed by atoms with Crippen LogP contribution >= 0.6 is 0 Å². The van der Waals surface area contributed by atoms with Crippen LogP contribution in [0.2, 0.25) is 0 Å². The maximum Gasteiger partial charge on any atom is 0.260 e. The summed E-state index contributed by atoms with van der Waals surface area (Å²) in [6.07, 6.45) is 6.56. The van der Waals surface area contributed by atoms with Crippen LogP contribution in [0.15, 0.2) is 18.2 Å². The molecule has 5 nitrogen and oxygen atoms in total. The van der Waals surface area contributed by atoms with Crippen molar-refractivity contribution in [1.29, 1.82) is 0 Å². The van der Waals surface area contributed by atoms with Gasteiger partial charge < -0.3 is 19.5 Å². The van der Waals surface area contributed by atoms with Gasteiger partial charge in [0.25, 0.3) is 5.91 Å². The molecule has 1 aromatic carbocycles. The highest BCUT2D eigenvalue weighted by atomic mass is 16.7. The Morgan fingerprint density at radius 3 is 2.68 bits per heavy atom. The maximum atomic E-state index is 12.3. The highest BCUT2D eigenvalue weighted by Gasteiger charge is 2.21. The van der Waals surface area contributed by atoms with Crippen molar-refractivity contribution in [1.82, 2.24) is 5.32 Å². The fourth-order valence-corrected chi connectivity index (χ4v) is 2.95. The number of amides is 1. The molecule has 0 bridgehead atoms. The summed E-state index contributed by atoms with van der Waals surface area (Å²) >= 11 is 0. The second-order valence-electron chi connectivity index (χ2n) is 5.97. The average molecular weight is 305 g/mol. The highest BCUT2D eigenvalue weighted by Crippen LogP contribution is 2.35. The summed E-state index contributed by atoms with van der Waals surface area (Å²) < 4.78 is 16.3. The van der Waals surface area contributed by atoms with Crippen LogP contribution in [0.5, 0.6) is 17.2 Å². The summed E-state index contributed by atoms with van der Waals surface area (Å²) in [7, 11) is 0. The number of rotatable bonds is 4. The van der Waals surface area contributed by atoms with Gasteiger partial charge in [0.1, 0.15) is 5.75 Å². The molecule has 0 radical (unpaired) electrons. The van der Waals surface area contributed by atoms with Crippen LogP contribution in [0.3, 0.4) is 0 Å². The third-order valence-electron chi connectivity index (χ3n) is 4.23. The van der Waals surface area contributed by atoms with Crippen molar-refractivity contribution in [3.63, 3.8) is 0 Å². The molecule has 1 heterocycles. The lowest BCUT2D eigenvalue weighted by Gasteiger charge is -2.20. The average Bonchev–Trinajstić information content (AvgIpc) is 2.83. The molecule has 22 heavy (non-hydrogen) atoms. The molecule has 2 aliphatic rings. The summed E-state index contributed by atoms with van der Waals surface area (Å²) in [5, 5.41) is 3.11. The quantitative estimate of drug-likeness (QED) is 0.869. The maximum absolute atomic E-state index is 12.3. The van der Waals surface area contributed by atoms with E-state index in [1.54, 1.807) is 25.1 Å². The van der Waals surface area contributed by atoms with Crippen LogP contribution < -0.4 is 19.5 Å². The third-order valence-corrected chi connectivity index (χ3v) is 4.23. The number of hydrogen-bond donors (Lipinski definition) is 1. The lowest BCUT2D eigenvalue weighted by molar-refractivity contribution is -0.128. The van der Waals surface area contributed by atoms with E-state index in [1.807, 2.05) is 0 Å². The molecule has 0 aromatic heterocycles. The smallest absolute Gasteiger partial charge is 0.260 e. The van der Waals surface area contributed by atoms with Gasteiger partial charge in [0, 0.05) is 12.1 Å². The van der Waals surface area contributed by atoms with Gasteiger partial charge in [0.2, 0.25) is 6.79 Å². The third kappa shape index (κ3) is 3.64. The molecule has 5 heteroatoms. The molecule has 1 aliphatic carbocycles. The second-order valence-corrected chi connectivity index (χ2v) is 5.97. The second kappa shape index (κ2) is 6.90. The van der Waals surface area contributed by atoms with E-state index in [4.69, 9.17) is 14.2 Å². The molecule has 1 aromatic rings. The number of hydrogen-bond acceptors (Lipinski definition) is 4. The number of carbonyl (C=O) groups is 1. The van der Waals surface area contributed by atoms with Crippen LogP contribution in [0.25, 0.3) is 0 Å². The van der Waals surface area contributed by atoms with Crippen molar-refractivity contribution < 1.29 is 19.0 Å². The number of nitrogens with one attached hydrogen (secondary N) is 1. The van der Waals surface area contributed by atoms with Crippen molar-refractivity contribution in [3.05, 3.63) is 18.2 Å². The lowest BCUT2D eigenvalue weighted by Crippen LogP contribution is -2.42. The van der Waals surface area contributed by atoms with Crippen molar-refractivity contribution in [2.24, 2.45) is 0 Å². The van der Waals surface area contributed by atoms with Crippen molar-refractivity contribution >= 4 is 5.91 Å². The zero-order valence-electron chi connectivity index (χ0n) is 13.0. The topological polar surface area (TPSA) is 56.8 Å². The summed E-state index contributed by atoms with van der Waals surface area (Å²) in [6.45, 7) is 2.01. The molecule has 1 aliphatic heterocycles. The molecule has 1 amide bonds. The van der Waals surface area contributed by atoms with Gasteiger partial charge in [-0.05, 0) is 31.9 Å². The Hall–Kier alpha value is -1.91. The number of fused-ring (bicyclic) bond motifs is 1. The van der Waals surface area contributed by atoms with E-state index in [1.165, 1.54) is 25.7 Å². The first-order chi connectivity index (χ1) is 10.7. The first kappa shape index (κ1) is 15.0. The van der Waals surface area contributed by atoms with E-state index in [9.17, 15) is 4.79 Å². The molecule has 3 rings (SSSR count). The van der Waals surface area contributed by atoms with Gasteiger partial charge in [-0.3, -0.25) is 4.79 Å². The highest BCUT2D eigenvalue weighted by molar-refractivity contribution is 5.81. The van der Waals surface area contributed by atoms with Gasteiger partial charge in [0.05, 0.1) is 0 Å². The number of carbonyl (C=O) groups excluding carboxylic acids is 1. The van der Waals surface area contributed by atoms with Crippen LogP contribution in [0.1, 0.15) is 45.4 Å². The fraction of sp³-hybridized carbons (Fsp3) is 0.588. The van der Waals surface area contributed by atoms with Crippen LogP contribution in [-0.4, -0.2) is 24.8 Å². The molecule has 120 valence electrons. The van der Waals surface area contributed by atoms with Crippen LogP contribution in [0.4, 0.5) is 0 Å². The van der Waals surface area contributed by atoms with Gasteiger partial charge in [-0.25, -0.2) is 0 Å². The largest absolute Gasteiger partial charge is 0.481 e. The minimum Gasteiger partial charge on any atom is -0.481 e. The van der Waals surface area contributed by atoms with E-state index >= 15 is 0 Å². The van der Waals surface area contributed by atoms with Crippen molar-refractivity contribution in [2.45, 2.75) is 57.6 Å². The van der Waals surface area contributed by atoms with Crippen molar-refractivity contribution in [3.8, 4) is 17.2 Å². The Morgan fingerprint density at radius 2 is 1.91 bits per heavy atom. The Kier molecular flexibility index (Phi) is 4.71. The summed E-state index contributed by atoms with van der Waals surface area (Å²) in [5.41, 5.74) is 0. The summed E-state index contributed by atoms with van der Waals surface area (Å²) in [6, 6.07) is 5.65. The van der Waals surface area contributed by atoms with Crippen LogP contribution in [0, 0.1) is 0 Å². The number of ether oxygens (including phenoxy) is 3. The molecule has 1 saturated carbocycles. The van der Waals surface area contributed by atoms with Gasteiger partial charge in [-0.15, -0.1) is 0 Å². The van der Waals surface area contributed by atoms with Gasteiger partial charge in [-0.1, -0.05) is 25.7 Å². The first-order valence-electron chi connectivity index (χ1n) is 8.09. The molecule has 1 fully saturated rings. The van der Waals surface area contributed by atoms with Gasteiger partial charge >= 0.3 is 0 Å². The Labute approximate surface area is 130 Å². The zero-order chi connectivity index (χ0) is 15.4. The Balaban J connectivity index is 1.54. The van der Waals surface area contributed by atoms with Gasteiger partial charge in [0.15, 0.2) is 17.6 Å². The molecule has 0 spiro atoms. The fourth-order valence-electron chi connectivity index (χ4n) is 2.95. The van der Waals surface area contributed by atoms with E-state index in [0.717, 1.165) is 12.8 Å². The SMILES string of the molecule is CC(Oc1ccc2c(c1)OCO2)C(=O)NC1CCCCCC1. The molecule has 0 saturated heterocycles. The Morgan fingerprint density at radius 1 is 1.18 bits per heavy atom. The lowest BCUT2D eigenvalue weighted by atomic mass is 10.1. The predicted molar refractivity (Wildman–Crippen MR) is 82.3 cm³/mol. The van der Waals surface area contributed by atoms with E-state index in [0.29, 0.717) is 17.2 Å². The minimum absolute atomic E-state index is 0.0513. The molecule has 1 atom stereocenters. The summed E-state index contributed by atoms with van der Waals surface area (Å²) in [4.78, 5) is 12.3. The van der Waals surface area contributed by atoms with Crippen molar-refractivity contribution in [2.75, 3.05) is 6.79 Å². The monoisotopic (exact) mass is 305 g/mol. The van der Waals surface area contributed by atoms with Gasteiger partial charge in [-0.2, -0.15) is 0 Å². The molecular formula is C17H23NO4. The molecular weight excluding hydrogens is 282 g/mol. The zero-order valence-corrected chi connectivity index (χ0v) is 13.0. The number of benzene rings is 1. The molecule has 1 N–H and O–H groups in total. The summed E-state index contributed by atoms with van der Waals surface area (Å²) in [5.74, 6) is 1.94. The van der Waals surface area contributed by atoms with E-state index in [-0.39, 0.29) is 18.7 Å². The predicted octanol–water partition coefficient (Wildman–Crippen LogP) is 3.02. The van der Waals surface area contributed by atoms with Crippen LogP contribution in [-0.2, 0) is 4.79 Å².